The van der Waals surface area contributed by atoms with E-state index in [9.17, 15) is 4.57 Å². The minimum atomic E-state index is -2.60. The van der Waals surface area contributed by atoms with Crippen LogP contribution in [0.25, 0.3) is 0 Å². The molecule has 0 fully saturated rings. The lowest BCUT2D eigenvalue weighted by Gasteiger charge is -1.97. The van der Waals surface area contributed by atoms with E-state index in [2.05, 4.69) is 4.52 Å². The Morgan fingerprint density at radius 3 is 2.67 bits per heavy atom. The van der Waals surface area contributed by atoms with Crippen LogP contribution in [0.2, 0.25) is 0 Å². The second-order valence-electron chi connectivity index (χ2n) is 2.01. The molecule has 0 aliphatic rings. The van der Waals surface area contributed by atoms with Gasteiger partial charge in [-0.1, -0.05) is 6.07 Å². The van der Waals surface area contributed by atoms with Gasteiger partial charge in [0.05, 0.1) is 7.11 Å². The summed E-state index contributed by atoms with van der Waals surface area (Å²) in [5.41, 5.74) is 0. The number of hydrogen-bond donors (Lipinski definition) is 1. The molecule has 12 heavy (non-hydrogen) atoms. The van der Waals surface area contributed by atoms with E-state index in [1.165, 1.54) is 13.2 Å². The van der Waals surface area contributed by atoms with Gasteiger partial charge in [0.1, 0.15) is 5.75 Å². The molecule has 0 aliphatic heterocycles. The van der Waals surface area contributed by atoms with Gasteiger partial charge in [0.2, 0.25) is 0 Å². The molecule has 1 unspecified atom stereocenters. The number of methoxy groups -OCH3 is 1. The molecule has 4 nitrogen and oxygen atoms in total. The fourth-order valence-corrected chi connectivity index (χ4v) is 1.04. The van der Waals surface area contributed by atoms with E-state index in [1.807, 2.05) is 0 Å². The summed E-state index contributed by atoms with van der Waals surface area (Å²) in [5, 5.41) is 0. The van der Waals surface area contributed by atoms with E-state index >= 15 is 0 Å². The summed E-state index contributed by atoms with van der Waals surface area (Å²) < 4.78 is 19.7. The lowest BCUT2D eigenvalue weighted by Crippen LogP contribution is -1.84. The van der Waals surface area contributed by atoms with Crippen LogP contribution in [0.3, 0.4) is 0 Å². The lowest BCUT2D eigenvalue weighted by atomic mass is 10.3. The third-order valence-electron chi connectivity index (χ3n) is 1.22. The average molecular weight is 187 g/mol. The Morgan fingerprint density at radius 2 is 2.08 bits per heavy atom. The maximum absolute atomic E-state index is 10.3. The van der Waals surface area contributed by atoms with Crippen LogP contribution in [-0.2, 0) is 4.57 Å². The standard InChI is InChI=1S/C7H7O4P/c1-10-6-3-2-4-7(5-6)11-12(8)9/h2-5H,1H3/p+1. The van der Waals surface area contributed by atoms with Crippen LogP contribution in [0.4, 0.5) is 0 Å². The molecule has 0 aromatic heterocycles. The summed E-state index contributed by atoms with van der Waals surface area (Å²) in [6.07, 6.45) is 0. The summed E-state index contributed by atoms with van der Waals surface area (Å²) in [5.74, 6) is 0.905. The van der Waals surface area contributed by atoms with Gasteiger partial charge in [0, 0.05) is 10.6 Å². The van der Waals surface area contributed by atoms with E-state index in [4.69, 9.17) is 9.63 Å². The highest BCUT2D eigenvalue weighted by Gasteiger charge is 2.13. The van der Waals surface area contributed by atoms with Gasteiger partial charge >= 0.3 is 8.25 Å². The van der Waals surface area contributed by atoms with Crippen LogP contribution in [0.5, 0.6) is 11.5 Å². The second kappa shape index (κ2) is 4.04. The van der Waals surface area contributed by atoms with Crippen molar-refractivity contribution in [2.75, 3.05) is 7.11 Å². The molecule has 0 aliphatic carbocycles. The van der Waals surface area contributed by atoms with Crippen molar-refractivity contribution in [2.24, 2.45) is 0 Å². The molecular weight excluding hydrogens is 179 g/mol. The summed E-state index contributed by atoms with van der Waals surface area (Å²) in [7, 11) is -1.09. The normalized spacial score (nSPS) is 10.7. The van der Waals surface area contributed by atoms with Gasteiger partial charge in [-0.3, -0.25) is 0 Å². The Kier molecular flexibility index (Phi) is 3.02. The highest BCUT2D eigenvalue weighted by molar-refractivity contribution is 7.32. The molecule has 1 aromatic rings. The summed E-state index contributed by atoms with van der Waals surface area (Å²) >= 11 is 0. The summed E-state index contributed by atoms with van der Waals surface area (Å²) in [4.78, 5) is 8.42. The van der Waals surface area contributed by atoms with Crippen LogP contribution in [0.1, 0.15) is 0 Å². The van der Waals surface area contributed by atoms with Crippen LogP contribution in [0, 0.1) is 0 Å². The summed E-state index contributed by atoms with van der Waals surface area (Å²) in [6, 6.07) is 6.50. The molecule has 0 radical (unpaired) electrons. The zero-order valence-electron chi connectivity index (χ0n) is 6.43. The molecule has 0 amide bonds. The Morgan fingerprint density at radius 1 is 1.42 bits per heavy atom. The molecule has 1 N–H and O–H groups in total. The van der Waals surface area contributed by atoms with Crippen molar-refractivity contribution >= 4 is 8.25 Å². The van der Waals surface area contributed by atoms with E-state index in [0.29, 0.717) is 11.5 Å². The predicted octanol–water partition coefficient (Wildman–Crippen LogP) is 1.72. The smallest absolute Gasteiger partial charge is 0.497 e. The van der Waals surface area contributed by atoms with Crippen molar-refractivity contribution in [3.8, 4) is 11.5 Å². The van der Waals surface area contributed by atoms with Crippen LogP contribution in [-0.4, -0.2) is 12.0 Å². The fraction of sp³-hybridized carbons (Fsp3) is 0.143. The number of benzene rings is 1. The third kappa shape index (κ3) is 2.49. The third-order valence-corrected chi connectivity index (χ3v) is 1.59. The minimum absolute atomic E-state index is 0.318. The highest BCUT2D eigenvalue weighted by atomic mass is 31.1. The monoisotopic (exact) mass is 187 g/mol. The Labute approximate surface area is 70.7 Å². The largest absolute Gasteiger partial charge is 0.747 e. The first-order valence-corrected chi connectivity index (χ1v) is 4.33. The van der Waals surface area contributed by atoms with E-state index in [-0.39, 0.29) is 0 Å². The van der Waals surface area contributed by atoms with Crippen molar-refractivity contribution in [2.45, 2.75) is 0 Å². The summed E-state index contributed by atoms with van der Waals surface area (Å²) in [6.45, 7) is 0. The lowest BCUT2D eigenvalue weighted by molar-refractivity contribution is 0.400. The molecule has 5 heteroatoms. The molecule has 1 rings (SSSR count). The first kappa shape index (κ1) is 8.97. The molecule has 0 bridgehead atoms. The number of ether oxygens (including phenoxy) is 1. The molecule has 1 aromatic carbocycles. The van der Waals surface area contributed by atoms with Gasteiger partial charge in [-0.2, -0.15) is 0 Å². The van der Waals surface area contributed by atoms with Crippen molar-refractivity contribution in [1.29, 1.82) is 0 Å². The molecular formula is C7H8O4P+. The molecule has 1 atom stereocenters. The van der Waals surface area contributed by atoms with Gasteiger partial charge < -0.3 is 4.74 Å². The van der Waals surface area contributed by atoms with Crippen LogP contribution < -0.4 is 9.26 Å². The zero-order chi connectivity index (χ0) is 8.97. The quantitative estimate of drug-likeness (QED) is 0.732. The van der Waals surface area contributed by atoms with Crippen molar-refractivity contribution in [3.63, 3.8) is 0 Å². The van der Waals surface area contributed by atoms with E-state index < -0.39 is 8.25 Å². The van der Waals surface area contributed by atoms with Crippen LogP contribution >= 0.6 is 8.25 Å². The minimum Gasteiger partial charge on any atom is -0.497 e. The fourth-order valence-electron chi connectivity index (χ4n) is 0.748. The first-order valence-electron chi connectivity index (χ1n) is 3.20. The van der Waals surface area contributed by atoms with Crippen LogP contribution in [0.15, 0.2) is 24.3 Å². The first-order chi connectivity index (χ1) is 5.72. The Balaban J connectivity index is 2.79. The molecule has 0 heterocycles. The highest BCUT2D eigenvalue weighted by Crippen LogP contribution is 2.25. The predicted molar refractivity (Wildman–Crippen MR) is 43.4 cm³/mol. The topological polar surface area (TPSA) is 55.8 Å². The molecule has 0 saturated carbocycles. The Hall–Kier alpha value is -1.12. The van der Waals surface area contributed by atoms with Crippen molar-refractivity contribution < 1.29 is 18.7 Å². The van der Waals surface area contributed by atoms with Gasteiger partial charge in [-0.05, 0) is 12.1 Å². The SMILES string of the molecule is COc1cccc(O[P+](=O)O)c1. The van der Waals surface area contributed by atoms with Gasteiger partial charge in [0.25, 0.3) is 0 Å². The van der Waals surface area contributed by atoms with Crippen molar-refractivity contribution in [3.05, 3.63) is 24.3 Å². The van der Waals surface area contributed by atoms with Crippen molar-refractivity contribution in [1.82, 2.24) is 0 Å². The number of hydrogen-bond acceptors (Lipinski definition) is 3. The average Bonchev–Trinajstić information content (AvgIpc) is 2.03. The van der Waals surface area contributed by atoms with Gasteiger partial charge in [-0.25, -0.2) is 4.52 Å². The second-order valence-corrected chi connectivity index (χ2v) is 2.67. The molecule has 64 valence electrons. The molecule has 0 saturated heterocycles. The maximum Gasteiger partial charge on any atom is 0.747 e. The zero-order valence-corrected chi connectivity index (χ0v) is 7.32. The van der Waals surface area contributed by atoms with E-state index in [1.54, 1.807) is 18.2 Å². The molecule has 0 spiro atoms. The maximum atomic E-state index is 10.3. The van der Waals surface area contributed by atoms with E-state index in [0.717, 1.165) is 0 Å². The van der Waals surface area contributed by atoms with Gasteiger partial charge in [0.15, 0.2) is 5.75 Å². The number of rotatable bonds is 3. The van der Waals surface area contributed by atoms with Gasteiger partial charge in [-0.15, -0.1) is 4.89 Å². The Bertz CT molecular complexity index is 286.